The normalized spacial score (nSPS) is 9.25. The quantitative estimate of drug-likeness (QED) is 0.617. The maximum absolute atomic E-state index is 10.8. The topological polar surface area (TPSA) is 55.1 Å². The highest BCUT2D eigenvalue weighted by molar-refractivity contribution is 5.85. The van der Waals surface area contributed by atoms with Crippen LogP contribution in [0.3, 0.4) is 0 Å². The Kier molecular flexibility index (Phi) is 3.27. The van der Waals surface area contributed by atoms with Crippen molar-refractivity contribution >= 4 is 12.4 Å². The van der Waals surface area contributed by atoms with Crippen LogP contribution in [0, 0.1) is 20.8 Å². The van der Waals surface area contributed by atoms with Crippen LogP contribution in [0.2, 0.25) is 0 Å². The molecular weight excluding hydrogens is 180 g/mol. The summed E-state index contributed by atoms with van der Waals surface area (Å²) in [7, 11) is 0. The zero-order valence-electron chi connectivity index (χ0n) is 7.16. The van der Waals surface area contributed by atoms with Gasteiger partial charge in [-0.1, -0.05) is 0 Å². The lowest BCUT2D eigenvalue weighted by molar-refractivity contribution is 0.162. The molecule has 0 atom stereocenters. The number of hydrogen-bond acceptors (Lipinski definition) is 3. The molecule has 1 rings (SSSR count). The first-order chi connectivity index (χ1) is 5.04. The highest BCUT2D eigenvalue weighted by Gasteiger charge is 2.04. The predicted molar refractivity (Wildman–Crippen MR) is 47.1 cm³/mol. The third-order valence-corrected chi connectivity index (χ3v) is 1.85. The SMILES string of the molecule is Cc1nc(=O)n(O)c(C)c1C.Cl. The summed E-state index contributed by atoms with van der Waals surface area (Å²) in [5.74, 6) is 0. The van der Waals surface area contributed by atoms with Crippen LogP contribution in [0.4, 0.5) is 0 Å². The maximum Gasteiger partial charge on any atom is 0.380 e. The van der Waals surface area contributed by atoms with Crippen LogP contribution in [-0.4, -0.2) is 14.9 Å². The van der Waals surface area contributed by atoms with Crippen LogP contribution in [0.15, 0.2) is 4.79 Å². The lowest BCUT2D eigenvalue weighted by Gasteiger charge is -2.05. The Morgan fingerprint density at radius 3 is 2.33 bits per heavy atom. The molecule has 0 saturated carbocycles. The number of nitrogens with zero attached hydrogens (tertiary/aromatic N) is 2. The van der Waals surface area contributed by atoms with Gasteiger partial charge in [0.15, 0.2) is 0 Å². The third-order valence-electron chi connectivity index (χ3n) is 1.85. The fraction of sp³-hybridized carbons (Fsp3) is 0.429. The number of aromatic nitrogens is 2. The average molecular weight is 191 g/mol. The molecule has 68 valence electrons. The number of rotatable bonds is 0. The number of hydrogen-bond donors (Lipinski definition) is 1. The zero-order chi connectivity index (χ0) is 8.59. The van der Waals surface area contributed by atoms with E-state index in [4.69, 9.17) is 5.21 Å². The average Bonchev–Trinajstić information content (AvgIpc) is 1.97. The molecule has 0 spiro atoms. The Bertz CT molecular complexity index is 346. The second-order valence-corrected chi connectivity index (χ2v) is 2.50. The summed E-state index contributed by atoms with van der Waals surface area (Å²) in [6, 6.07) is 0. The minimum atomic E-state index is -0.620. The second kappa shape index (κ2) is 3.58. The van der Waals surface area contributed by atoms with Crippen LogP contribution < -0.4 is 5.69 Å². The van der Waals surface area contributed by atoms with Crippen LogP contribution in [0.1, 0.15) is 17.0 Å². The molecule has 0 saturated heterocycles. The molecule has 0 aliphatic carbocycles. The molecule has 0 amide bonds. The van der Waals surface area contributed by atoms with Gasteiger partial charge in [-0.05, 0) is 26.3 Å². The largest absolute Gasteiger partial charge is 0.424 e. The Morgan fingerprint density at radius 1 is 1.33 bits per heavy atom. The van der Waals surface area contributed by atoms with E-state index < -0.39 is 5.69 Å². The van der Waals surface area contributed by atoms with Gasteiger partial charge in [0.1, 0.15) is 0 Å². The van der Waals surface area contributed by atoms with Gasteiger partial charge in [0, 0.05) is 5.69 Å². The van der Waals surface area contributed by atoms with E-state index in [-0.39, 0.29) is 12.4 Å². The Labute approximate surface area is 76.2 Å². The van der Waals surface area contributed by atoms with Crippen molar-refractivity contribution in [1.82, 2.24) is 9.71 Å². The molecule has 5 heteroatoms. The van der Waals surface area contributed by atoms with E-state index in [0.717, 1.165) is 5.56 Å². The lowest BCUT2D eigenvalue weighted by atomic mass is 10.2. The molecule has 1 heterocycles. The molecule has 0 unspecified atom stereocenters. The Morgan fingerprint density at radius 2 is 1.83 bits per heavy atom. The van der Waals surface area contributed by atoms with Crippen molar-refractivity contribution in [2.45, 2.75) is 20.8 Å². The molecule has 0 radical (unpaired) electrons. The van der Waals surface area contributed by atoms with Gasteiger partial charge in [-0.25, -0.2) is 4.79 Å². The monoisotopic (exact) mass is 190 g/mol. The first kappa shape index (κ1) is 11.0. The molecule has 0 aliphatic heterocycles. The molecule has 0 aliphatic rings. The lowest BCUT2D eigenvalue weighted by Crippen LogP contribution is -2.24. The Balaban J connectivity index is 0.00000121. The molecule has 1 aromatic rings. The van der Waals surface area contributed by atoms with E-state index in [9.17, 15) is 4.79 Å². The molecule has 0 bridgehead atoms. The van der Waals surface area contributed by atoms with Crippen LogP contribution >= 0.6 is 12.4 Å². The van der Waals surface area contributed by atoms with Crippen LogP contribution in [0.25, 0.3) is 0 Å². The van der Waals surface area contributed by atoms with Gasteiger partial charge in [-0.15, -0.1) is 17.1 Å². The van der Waals surface area contributed by atoms with Crippen LogP contribution in [-0.2, 0) is 0 Å². The Hall–Kier alpha value is -1.03. The summed E-state index contributed by atoms with van der Waals surface area (Å²) >= 11 is 0. The van der Waals surface area contributed by atoms with E-state index >= 15 is 0 Å². The molecule has 0 aromatic carbocycles. The zero-order valence-corrected chi connectivity index (χ0v) is 7.97. The second-order valence-electron chi connectivity index (χ2n) is 2.50. The van der Waals surface area contributed by atoms with Gasteiger partial charge in [-0.2, -0.15) is 4.98 Å². The van der Waals surface area contributed by atoms with Gasteiger partial charge in [0.2, 0.25) is 0 Å². The van der Waals surface area contributed by atoms with Gasteiger partial charge in [-0.3, -0.25) is 0 Å². The molecule has 4 nitrogen and oxygen atoms in total. The maximum atomic E-state index is 10.8. The van der Waals surface area contributed by atoms with Crippen molar-refractivity contribution in [3.8, 4) is 0 Å². The number of halogens is 1. The van der Waals surface area contributed by atoms with Crippen LogP contribution in [0.5, 0.6) is 0 Å². The molecule has 1 N–H and O–H groups in total. The molecule has 1 aromatic heterocycles. The first-order valence-corrected chi connectivity index (χ1v) is 3.30. The minimum absolute atomic E-state index is 0. The van der Waals surface area contributed by atoms with Crippen molar-refractivity contribution in [3.63, 3.8) is 0 Å². The summed E-state index contributed by atoms with van der Waals surface area (Å²) in [5.41, 5.74) is 1.43. The van der Waals surface area contributed by atoms with E-state index in [1.54, 1.807) is 13.8 Å². The highest BCUT2D eigenvalue weighted by Crippen LogP contribution is 2.04. The van der Waals surface area contributed by atoms with Crippen molar-refractivity contribution in [3.05, 3.63) is 27.4 Å². The van der Waals surface area contributed by atoms with Crippen molar-refractivity contribution in [2.75, 3.05) is 0 Å². The third kappa shape index (κ3) is 1.58. The van der Waals surface area contributed by atoms with Crippen molar-refractivity contribution in [2.24, 2.45) is 0 Å². The highest BCUT2D eigenvalue weighted by atomic mass is 35.5. The van der Waals surface area contributed by atoms with Gasteiger partial charge in [0.05, 0.1) is 5.69 Å². The fourth-order valence-electron chi connectivity index (χ4n) is 0.839. The van der Waals surface area contributed by atoms with Gasteiger partial charge in [0.25, 0.3) is 0 Å². The fourth-order valence-corrected chi connectivity index (χ4v) is 0.839. The first-order valence-electron chi connectivity index (χ1n) is 3.30. The van der Waals surface area contributed by atoms with E-state index in [2.05, 4.69) is 4.98 Å². The van der Waals surface area contributed by atoms with E-state index in [0.29, 0.717) is 16.1 Å². The standard InChI is InChI=1S/C7H10N2O2.ClH/c1-4-5(2)8-7(10)9(11)6(4)3;/h11H,1-3H3;1H. The van der Waals surface area contributed by atoms with E-state index in [1.807, 2.05) is 6.92 Å². The minimum Gasteiger partial charge on any atom is -0.424 e. The molecular formula is C7H11ClN2O2. The molecule has 12 heavy (non-hydrogen) atoms. The summed E-state index contributed by atoms with van der Waals surface area (Å²) in [4.78, 5) is 14.4. The van der Waals surface area contributed by atoms with Gasteiger partial charge < -0.3 is 5.21 Å². The smallest absolute Gasteiger partial charge is 0.380 e. The summed E-state index contributed by atoms with van der Waals surface area (Å²) in [6.45, 7) is 5.22. The summed E-state index contributed by atoms with van der Waals surface area (Å²) in [6.07, 6.45) is 0. The summed E-state index contributed by atoms with van der Waals surface area (Å²) in [5, 5.41) is 9.05. The van der Waals surface area contributed by atoms with E-state index in [1.165, 1.54) is 0 Å². The number of aryl methyl sites for hydroxylation is 1. The van der Waals surface area contributed by atoms with Crippen molar-refractivity contribution in [1.29, 1.82) is 0 Å². The molecule has 0 fully saturated rings. The summed E-state index contributed by atoms with van der Waals surface area (Å²) < 4.78 is 0.558. The predicted octanol–water partition coefficient (Wildman–Crippen LogP) is 0.828. The van der Waals surface area contributed by atoms with Gasteiger partial charge >= 0.3 is 5.69 Å². The van der Waals surface area contributed by atoms with Crippen molar-refractivity contribution < 1.29 is 5.21 Å².